The Balaban J connectivity index is 0.00000341. The summed E-state index contributed by atoms with van der Waals surface area (Å²) in [6.07, 6.45) is 5.15. The van der Waals surface area contributed by atoms with Crippen LogP contribution in [0.2, 0.25) is 0 Å². The number of benzene rings is 1. The highest BCUT2D eigenvalue weighted by atomic mass is 127. The molecule has 2 N–H and O–H groups in total. The van der Waals surface area contributed by atoms with Gasteiger partial charge in [0.25, 0.3) is 0 Å². The molecule has 0 saturated carbocycles. The van der Waals surface area contributed by atoms with E-state index >= 15 is 0 Å². The molecule has 0 radical (unpaired) electrons. The molecule has 0 spiro atoms. The number of guanidine groups is 1. The highest BCUT2D eigenvalue weighted by Gasteiger charge is 2.19. The summed E-state index contributed by atoms with van der Waals surface area (Å²) in [5.74, 6) is 2.47. The highest BCUT2D eigenvalue weighted by Crippen LogP contribution is 2.22. The first kappa shape index (κ1) is 24.8. The molecule has 9 heteroatoms. The second-order valence-corrected chi connectivity index (χ2v) is 8.05. The van der Waals surface area contributed by atoms with E-state index in [1.807, 2.05) is 19.9 Å². The van der Waals surface area contributed by atoms with Gasteiger partial charge in [0.05, 0.1) is 25.0 Å². The fraction of sp³-hybridized carbons (Fsp3) is 0.409. The number of aromatic nitrogens is 3. The molecule has 0 fully saturated rings. The topological polar surface area (TPSA) is 80.3 Å². The van der Waals surface area contributed by atoms with Crippen LogP contribution in [0.5, 0.6) is 0 Å². The largest absolute Gasteiger partial charge is 0.443 e. The average molecular weight is 540 g/mol. The van der Waals surface area contributed by atoms with E-state index in [2.05, 4.69) is 46.4 Å². The summed E-state index contributed by atoms with van der Waals surface area (Å²) in [7, 11) is 0. The molecule has 0 amide bonds. The van der Waals surface area contributed by atoms with Gasteiger partial charge < -0.3 is 19.6 Å². The Hall–Kier alpha value is -2.43. The first-order valence-electron chi connectivity index (χ1n) is 10.0. The van der Waals surface area contributed by atoms with Gasteiger partial charge >= 0.3 is 0 Å². The van der Waals surface area contributed by atoms with Crippen LogP contribution < -0.4 is 10.6 Å². The van der Waals surface area contributed by atoms with Crippen LogP contribution in [0, 0.1) is 12.7 Å². The SMILES string of the molecule is CCNC(=NCc1ccc(-n2ccnc2C)c(F)c1)NCc1ncc(C(C)(C)C)o1.I. The van der Waals surface area contributed by atoms with Crippen molar-refractivity contribution in [2.45, 2.75) is 53.1 Å². The summed E-state index contributed by atoms with van der Waals surface area (Å²) in [5, 5.41) is 6.38. The highest BCUT2D eigenvalue weighted by molar-refractivity contribution is 14.0. The number of halogens is 2. The number of imidazole rings is 1. The van der Waals surface area contributed by atoms with E-state index in [-0.39, 0.29) is 35.2 Å². The quantitative estimate of drug-likeness (QED) is 0.274. The van der Waals surface area contributed by atoms with Crippen LogP contribution in [0.3, 0.4) is 0 Å². The number of aryl methyl sites for hydroxylation is 1. The van der Waals surface area contributed by atoms with Gasteiger partial charge in [-0.25, -0.2) is 19.4 Å². The van der Waals surface area contributed by atoms with Gasteiger partial charge in [-0.15, -0.1) is 24.0 Å². The molecule has 2 heterocycles. The van der Waals surface area contributed by atoms with Crippen LogP contribution in [0.15, 0.2) is 46.2 Å². The zero-order valence-corrected chi connectivity index (χ0v) is 20.9. The number of nitrogens with one attached hydrogen (secondary N) is 2. The predicted molar refractivity (Wildman–Crippen MR) is 131 cm³/mol. The summed E-state index contributed by atoms with van der Waals surface area (Å²) in [5.41, 5.74) is 1.16. The molecular formula is C22H30FIN6O. The van der Waals surface area contributed by atoms with Crippen molar-refractivity contribution in [3.05, 3.63) is 65.6 Å². The van der Waals surface area contributed by atoms with E-state index < -0.39 is 0 Å². The summed E-state index contributed by atoms with van der Waals surface area (Å²) >= 11 is 0. The predicted octanol–water partition coefficient (Wildman–Crippen LogP) is 4.48. The van der Waals surface area contributed by atoms with E-state index in [9.17, 15) is 4.39 Å². The molecule has 1 aromatic carbocycles. The van der Waals surface area contributed by atoms with Crippen LogP contribution >= 0.6 is 24.0 Å². The minimum atomic E-state index is -0.309. The summed E-state index contributed by atoms with van der Waals surface area (Å²) in [6.45, 7) is 11.5. The zero-order valence-electron chi connectivity index (χ0n) is 18.6. The maximum absolute atomic E-state index is 14.6. The molecule has 7 nitrogen and oxygen atoms in total. The minimum Gasteiger partial charge on any atom is -0.443 e. The third-order valence-corrected chi connectivity index (χ3v) is 4.56. The molecule has 31 heavy (non-hydrogen) atoms. The van der Waals surface area contributed by atoms with Crippen LogP contribution in [-0.4, -0.2) is 27.0 Å². The average Bonchev–Trinajstić information content (AvgIpc) is 3.33. The van der Waals surface area contributed by atoms with Crippen molar-refractivity contribution in [3.8, 4) is 5.69 Å². The maximum atomic E-state index is 14.6. The molecule has 0 saturated heterocycles. The Kier molecular flexibility index (Phi) is 8.60. The molecule has 0 aliphatic rings. The van der Waals surface area contributed by atoms with Gasteiger partial charge in [-0.1, -0.05) is 26.8 Å². The molecule has 3 aromatic rings. The fourth-order valence-corrected chi connectivity index (χ4v) is 2.89. The third kappa shape index (κ3) is 6.52. The van der Waals surface area contributed by atoms with Gasteiger partial charge in [0.15, 0.2) is 5.96 Å². The lowest BCUT2D eigenvalue weighted by Gasteiger charge is -2.13. The van der Waals surface area contributed by atoms with Gasteiger partial charge in [-0.2, -0.15) is 0 Å². The molecule has 0 bridgehead atoms. The lowest BCUT2D eigenvalue weighted by molar-refractivity contribution is 0.379. The second-order valence-electron chi connectivity index (χ2n) is 8.05. The number of nitrogens with zero attached hydrogens (tertiary/aromatic N) is 4. The normalized spacial score (nSPS) is 11.9. The molecule has 168 valence electrons. The van der Waals surface area contributed by atoms with Gasteiger partial charge in [0.2, 0.25) is 5.89 Å². The van der Waals surface area contributed by atoms with Crippen LogP contribution in [0.4, 0.5) is 4.39 Å². The monoisotopic (exact) mass is 540 g/mol. The Morgan fingerprint density at radius 1 is 1.23 bits per heavy atom. The van der Waals surface area contributed by atoms with Crippen LogP contribution in [-0.2, 0) is 18.5 Å². The van der Waals surface area contributed by atoms with E-state index in [0.29, 0.717) is 37.2 Å². The molecule has 0 aliphatic heterocycles. The second kappa shape index (κ2) is 10.7. The molecule has 0 aliphatic carbocycles. The van der Waals surface area contributed by atoms with Gasteiger partial charge in [-0.05, 0) is 31.5 Å². The smallest absolute Gasteiger partial charge is 0.213 e. The molecule has 0 unspecified atom stereocenters. The Morgan fingerprint density at radius 2 is 2.00 bits per heavy atom. The Bertz CT molecular complexity index is 1020. The third-order valence-electron chi connectivity index (χ3n) is 4.56. The van der Waals surface area contributed by atoms with E-state index in [1.54, 1.807) is 29.2 Å². The summed E-state index contributed by atoms with van der Waals surface area (Å²) in [6, 6.07) is 5.12. The molecule has 3 rings (SSSR count). The van der Waals surface area contributed by atoms with Crippen molar-refractivity contribution in [2.24, 2.45) is 4.99 Å². The van der Waals surface area contributed by atoms with Crippen molar-refractivity contribution < 1.29 is 8.81 Å². The zero-order chi connectivity index (χ0) is 21.7. The van der Waals surface area contributed by atoms with Crippen molar-refractivity contribution in [3.63, 3.8) is 0 Å². The van der Waals surface area contributed by atoms with Crippen molar-refractivity contribution in [1.82, 2.24) is 25.2 Å². The Labute approximate surface area is 199 Å². The number of oxazole rings is 1. The molecule has 2 aromatic heterocycles. The number of aliphatic imine (C=N–C) groups is 1. The summed E-state index contributed by atoms with van der Waals surface area (Å²) in [4.78, 5) is 13.0. The van der Waals surface area contributed by atoms with Gasteiger partial charge in [0, 0.05) is 24.4 Å². The van der Waals surface area contributed by atoms with Crippen molar-refractivity contribution in [1.29, 1.82) is 0 Å². The van der Waals surface area contributed by atoms with Crippen LogP contribution in [0.25, 0.3) is 5.69 Å². The number of hydrogen-bond acceptors (Lipinski definition) is 4. The standard InChI is InChI=1S/C22H29FN6O.HI/c1-6-24-21(28-14-20-26-13-19(30-20)22(3,4)5)27-12-16-7-8-18(17(23)11-16)29-10-9-25-15(29)2;/h7-11,13H,6,12,14H2,1-5H3,(H2,24,27,28);1H. The van der Waals surface area contributed by atoms with Crippen molar-refractivity contribution in [2.75, 3.05) is 6.54 Å². The number of rotatable bonds is 6. The Morgan fingerprint density at radius 3 is 2.58 bits per heavy atom. The van der Waals surface area contributed by atoms with E-state index in [0.717, 1.165) is 17.1 Å². The van der Waals surface area contributed by atoms with Gasteiger partial charge in [-0.3, -0.25) is 0 Å². The first-order valence-corrected chi connectivity index (χ1v) is 10.0. The van der Waals surface area contributed by atoms with Crippen molar-refractivity contribution >= 4 is 29.9 Å². The van der Waals surface area contributed by atoms with Gasteiger partial charge in [0.1, 0.15) is 17.4 Å². The molecular weight excluding hydrogens is 510 g/mol. The fourth-order valence-electron chi connectivity index (χ4n) is 2.89. The summed E-state index contributed by atoms with van der Waals surface area (Å²) < 4.78 is 22.1. The lowest BCUT2D eigenvalue weighted by Crippen LogP contribution is -2.36. The number of hydrogen-bond donors (Lipinski definition) is 2. The lowest BCUT2D eigenvalue weighted by atomic mass is 9.94. The van der Waals surface area contributed by atoms with Crippen LogP contribution in [0.1, 0.15) is 50.7 Å². The van der Waals surface area contributed by atoms with E-state index in [1.165, 1.54) is 6.07 Å². The minimum absolute atomic E-state index is 0. The molecule has 0 atom stereocenters. The maximum Gasteiger partial charge on any atom is 0.213 e. The first-order chi connectivity index (χ1) is 14.3. The van der Waals surface area contributed by atoms with E-state index in [4.69, 9.17) is 4.42 Å².